The molecule has 0 aliphatic carbocycles. The van der Waals surface area contributed by atoms with Gasteiger partial charge in [0.2, 0.25) is 5.91 Å². The summed E-state index contributed by atoms with van der Waals surface area (Å²) in [6, 6.07) is 5.45. The van der Waals surface area contributed by atoms with Crippen LogP contribution < -0.4 is 11.1 Å². The number of primary amides is 1. The topological polar surface area (TPSA) is 55.1 Å². The highest BCUT2D eigenvalue weighted by atomic mass is 16.1. The minimum Gasteiger partial charge on any atom is -0.366 e. The van der Waals surface area contributed by atoms with E-state index in [4.69, 9.17) is 12.2 Å². The van der Waals surface area contributed by atoms with Crippen molar-refractivity contribution in [2.45, 2.75) is 26.4 Å². The summed E-state index contributed by atoms with van der Waals surface area (Å²) in [6.07, 6.45) is 5.26. The van der Waals surface area contributed by atoms with E-state index in [1.54, 1.807) is 12.1 Å². The summed E-state index contributed by atoms with van der Waals surface area (Å²) in [6.45, 7) is 4.56. The van der Waals surface area contributed by atoms with Crippen molar-refractivity contribution in [3.05, 3.63) is 34.9 Å². The number of amides is 1. The van der Waals surface area contributed by atoms with Crippen LogP contribution in [0, 0.1) is 19.3 Å². The van der Waals surface area contributed by atoms with Crippen LogP contribution in [0.2, 0.25) is 0 Å². The normalized spacial score (nSPS) is 11.8. The van der Waals surface area contributed by atoms with Crippen molar-refractivity contribution in [3.8, 4) is 12.3 Å². The summed E-state index contributed by atoms with van der Waals surface area (Å²) in [5, 5.41) is 3.19. The van der Waals surface area contributed by atoms with Crippen molar-refractivity contribution in [1.82, 2.24) is 5.32 Å². The highest BCUT2D eigenvalue weighted by molar-refractivity contribution is 5.93. The second kappa shape index (κ2) is 5.34. The lowest BCUT2D eigenvalue weighted by Crippen LogP contribution is -2.24. The summed E-state index contributed by atoms with van der Waals surface area (Å²) < 4.78 is 0. The molecule has 0 saturated carbocycles. The first-order valence-electron chi connectivity index (χ1n) is 5.13. The molecule has 0 fully saturated rings. The van der Waals surface area contributed by atoms with Gasteiger partial charge in [-0.05, 0) is 37.1 Å². The van der Waals surface area contributed by atoms with Crippen molar-refractivity contribution in [1.29, 1.82) is 0 Å². The number of benzene rings is 1. The third-order valence-corrected chi connectivity index (χ3v) is 2.48. The Balaban J connectivity index is 2.76. The number of rotatable bonds is 4. The number of hydrogen-bond acceptors (Lipinski definition) is 2. The first-order chi connectivity index (χ1) is 7.54. The molecule has 0 heterocycles. The largest absolute Gasteiger partial charge is 0.366 e. The Kier molecular flexibility index (Phi) is 4.10. The molecule has 1 aromatic carbocycles. The zero-order valence-corrected chi connectivity index (χ0v) is 9.58. The smallest absolute Gasteiger partial charge is 0.248 e. The number of carbonyl (C=O) groups excluding carboxylic acids is 1. The third-order valence-electron chi connectivity index (χ3n) is 2.48. The van der Waals surface area contributed by atoms with E-state index in [9.17, 15) is 4.79 Å². The zero-order chi connectivity index (χ0) is 12.1. The Morgan fingerprint density at radius 3 is 2.81 bits per heavy atom. The first-order valence-corrected chi connectivity index (χ1v) is 5.13. The molecule has 0 aliphatic rings. The van der Waals surface area contributed by atoms with Crippen molar-refractivity contribution >= 4 is 5.91 Å². The zero-order valence-electron chi connectivity index (χ0n) is 9.58. The van der Waals surface area contributed by atoms with Gasteiger partial charge in [0.05, 0.1) is 6.04 Å². The van der Waals surface area contributed by atoms with E-state index in [1.165, 1.54) is 0 Å². The average Bonchev–Trinajstić information content (AvgIpc) is 2.26. The standard InChI is InChI=1S/C13H16N2O/c1-4-10(3)15-8-12-6-5-11(13(14)16)7-9(12)2/h1,5-7,10,15H,8H2,2-3H3,(H2,14,16). The van der Waals surface area contributed by atoms with E-state index in [0.29, 0.717) is 12.1 Å². The predicted molar refractivity (Wildman–Crippen MR) is 64.8 cm³/mol. The van der Waals surface area contributed by atoms with Crippen LogP contribution in [0.3, 0.4) is 0 Å². The Morgan fingerprint density at radius 1 is 1.62 bits per heavy atom. The monoisotopic (exact) mass is 216 g/mol. The molecule has 0 bridgehead atoms. The van der Waals surface area contributed by atoms with Gasteiger partial charge in [0.25, 0.3) is 0 Å². The molecule has 1 aromatic rings. The van der Waals surface area contributed by atoms with E-state index in [0.717, 1.165) is 11.1 Å². The molecule has 1 unspecified atom stereocenters. The molecule has 84 valence electrons. The van der Waals surface area contributed by atoms with Gasteiger partial charge in [-0.15, -0.1) is 6.42 Å². The minimum atomic E-state index is -0.403. The van der Waals surface area contributed by atoms with Crippen LogP contribution in [-0.2, 0) is 6.54 Å². The van der Waals surface area contributed by atoms with Gasteiger partial charge in [0.15, 0.2) is 0 Å². The highest BCUT2D eigenvalue weighted by Gasteiger charge is 2.04. The van der Waals surface area contributed by atoms with E-state index in [-0.39, 0.29) is 6.04 Å². The molecule has 1 atom stereocenters. The molecule has 0 saturated heterocycles. The summed E-state index contributed by atoms with van der Waals surface area (Å²) in [5.41, 5.74) is 7.88. The van der Waals surface area contributed by atoms with Gasteiger partial charge in [-0.2, -0.15) is 0 Å². The van der Waals surface area contributed by atoms with E-state index >= 15 is 0 Å². The molecule has 0 aliphatic heterocycles. The van der Waals surface area contributed by atoms with Crippen LogP contribution >= 0.6 is 0 Å². The molecule has 3 heteroatoms. The van der Waals surface area contributed by atoms with E-state index in [1.807, 2.05) is 19.9 Å². The van der Waals surface area contributed by atoms with Gasteiger partial charge in [-0.3, -0.25) is 10.1 Å². The van der Waals surface area contributed by atoms with E-state index in [2.05, 4.69) is 11.2 Å². The van der Waals surface area contributed by atoms with Gasteiger partial charge in [0.1, 0.15) is 0 Å². The van der Waals surface area contributed by atoms with Gasteiger partial charge in [0, 0.05) is 12.1 Å². The Morgan fingerprint density at radius 2 is 2.31 bits per heavy atom. The summed E-state index contributed by atoms with van der Waals surface area (Å²) in [5.74, 6) is 2.20. The second-order valence-corrected chi connectivity index (χ2v) is 3.77. The van der Waals surface area contributed by atoms with Crippen LogP contribution in [0.4, 0.5) is 0 Å². The Bertz CT molecular complexity index is 432. The van der Waals surface area contributed by atoms with E-state index < -0.39 is 5.91 Å². The number of aryl methyl sites for hydroxylation is 1. The molecule has 3 N–H and O–H groups in total. The van der Waals surface area contributed by atoms with Gasteiger partial charge in [-0.1, -0.05) is 12.0 Å². The molecule has 1 amide bonds. The number of hydrogen-bond donors (Lipinski definition) is 2. The van der Waals surface area contributed by atoms with Gasteiger partial charge in [-0.25, -0.2) is 0 Å². The molecule has 1 rings (SSSR count). The van der Waals surface area contributed by atoms with Crippen LogP contribution in [0.15, 0.2) is 18.2 Å². The average molecular weight is 216 g/mol. The molecule has 0 aromatic heterocycles. The summed E-state index contributed by atoms with van der Waals surface area (Å²) in [4.78, 5) is 11.0. The van der Waals surface area contributed by atoms with Crippen LogP contribution in [0.1, 0.15) is 28.4 Å². The SMILES string of the molecule is C#CC(C)NCc1ccc(C(N)=O)cc1C. The first kappa shape index (κ1) is 12.3. The Labute approximate surface area is 96.0 Å². The van der Waals surface area contributed by atoms with Crippen molar-refractivity contribution in [2.24, 2.45) is 5.73 Å². The number of nitrogens with one attached hydrogen (secondary N) is 1. The second-order valence-electron chi connectivity index (χ2n) is 3.77. The minimum absolute atomic E-state index is 0.0372. The molecule has 16 heavy (non-hydrogen) atoms. The number of terminal acetylenes is 1. The summed E-state index contributed by atoms with van der Waals surface area (Å²) >= 11 is 0. The lowest BCUT2D eigenvalue weighted by molar-refractivity contribution is 0.1000. The summed E-state index contributed by atoms with van der Waals surface area (Å²) in [7, 11) is 0. The molecule has 3 nitrogen and oxygen atoms in total. The fraction of sp³-hybridized carbons (Fsp3) is 0.308. The maximum absolute atomic E-state index is 11.0. The fourth-order valence-electron chi connectivity index (χ4n) is 1.37. The highest BCUT2D eigenvalue weighted by Crippen LogP contribution is 2.10. The van der Waals surface area contributed by atoms with Crippen molar-refractivity contribution in [3.63, 3.8) is 0 Å². The number of nitrogens with two attached hydrogens (primary N) is 1. The molecular formula is C13H16N2O. The molecule has 0 radical (unpaired) electrons. The van der Waals surface area contributed by atoms with Crippen LogP contribution in [0.5, 0.6) is 0 Å². The predicted octanol–water partition coefficient (Wildman–Crippen LogP) is 1.21. The lowest BCUT2D eigenvalue weighted by Gasteiger charge is -2.10. The van der Waals surface area contributed by atoms with Crippen LogP contribution in [-0.4, -0.2) is 11.9 Å². The third kappa shape index (κ3) is 3.11. The fourth-order valence-corrected chi connectivity index (χ4v) is 1.37. The number of carbonyl (C=O) groups is 1. The lowest BCUT2D eigenvalue weighted by atomic mass is 10.0. The Hall–Kier alpha value is -1.79. The quantitative estimate of drug-likeness (QED) is 0.743. The maximum Gasteiger partial charge on any atom is 0.248 e. The van der Waals surface area contributed by atoms with Gasteiger partial charge < -0.3 is 5.73 Å². The molecule has 0 spiro atoms. The van der Waals surface area contributed by atoms with Crippen LogP contribution in [0.25, 0.3) is 0 Å². The van der Waals surface area contributed by atoms with Crippen molar-refractivity contribution < 1.29 is 4.79 Å². The molecular weight excluding hydrogens is 200 g/mol. The van der Waals surface area contributed by atoms with Gasteiger partial charge >= 0.3 is 0 Å². The van der Waals surface area contributed by atoms with Crippen molar-refractivity contribution in [2.75, 3.05) is 0 Å². The maximum atomic E-state index is 11.0.